The van der Waals surface area contributed by atoms with Crippen molar-refractivity contribution in [2.75, 3.05) is 11.4 Å². The molecule has 1 saturated heterocycles. The van der Waals surface area contributed by atoms with Crippen LogP contribution in [0.25, 0.3) is 0 Å². The van der Waals surface area contributed by atoms with E-state index in [2.05, 4.69) is 15.9 Å². The van der Waals surface area contributed by atoms with Gasteiger partial charge in [0, 0.05) is 22.5 Å². The summed E-state index contributed by atoms with van der Waals surface area (Å²) in [4.78, 5) is 24.4. The van der Waals surface area contributed by atoms with E-state index in [0.717, 1.165) is 4.47 Å². The van der Waals surface area contributed by atoms with Crippen LogP contribution in [0.15, 0.2) is 22.7 Å². The third-order valence-corrected chi connectivity index (χ3v) is 3.63. The van der Waals surface area contributed by atoms with Gasteiger partial charge in [-0.05, 0) is 34.1 Å². The van der Waals surface area contributed by atoms with Gasteiger partial charge in [-0.1, -0.05) is 11.6 Å². The second-order valence-electron chi connectivity index (χ2n) is 3.90. The second-order valence-corrected chi connectivity index (χ2v) is 5.19. The van der Waals surface area contributed by atoms with Crippen LogP contribution in [-0.4, -0.2) is 18.4 Å². The maximum atomic E-state index is 11.8. The molecular weight excluding hydrogens is 307 g/mol. The number of nitrogens with zero attached hydrogens (tertiary/aromatic N) is 1. The molecule has 2 rings (SSSR count). The van der Waals surface area contributed by atoms with Crippen LogP contribution >= 0.6 is 27.5 Å². The van der Waals surface area contributed by atoms with E-state index < -0.39 is 11.8 Å². The number of hydrogen-bond acceptors (Lipinski definition) is 2. The monoisotopic (exact) mass is 316 g/mol. The predicted molar refractivity (Wildman–Crippen MR) is 68.8 cm³/mol. The summed E-state index contributed by atoms with van der Waals surface area (Å²) in [6.45, 7) is 0.313. The van der Waals surface area contributed by atoms with Crippen LogP contribution in [0, 0.1) is 5.92 Å². The topological polar surface area (TPSA) is 63.4 Å². The van der Waals surface area contributed by atoms with Gasteiger partial charge < -0.3 is 10.6 Å². The molecule has 0 aromatic heterocycles. The lowest BCUT2D eigenvalue weighted by Gasteiger charge is -2.18. The first kappa shape index (κ1) is 12.4. The molecule has 1 unspecified atom stereocenters. The van der Waals surface area contributed by atoms with Gasteiger partial charge >= 0.3 is 0 Å². The molecule has 2 amide bonds. The summed E-state index contributed by atoms with van der Waals surface area (Å²) in [7, 11) is 0. The minimum Gasteiger partial charge on any atom is -0.369 e. The minimum atomic E-state index is -0.445. The zero-order valence-electron chi connectivity index (χ0n) is 8.82. The standard InChI is InChI=1S/C11H10BrClN2O2/c12-8-2-1-7(13)4-9(8)15-5-6(11(14)17)3-10(15)16/h1-2,4,6H,3,5H2,(H2,14,17). The van der Waals surface area contributed by atoms with Gasteiger partial charge in [-0.2, -0.15) is 0 Å². The maximum Gasteiger partial charge on any atom is 0.227 e. The van der Waals surface area contributed by atoms with Gasteiger partial charge in [0.25, 0.3) is 0 Å². The molecule has 1 aliphatic rings. The summed E-state index contributed by atoms with van der Waals surface area (Å²) in [6.07, 6.45) is 0.161. The molecule has 1 heterocycles. The number of nitrogens with two attached hydrogens (primary N) is 1. The molecule has 4 nitrogen and oxygen atoms in total. The summed E-state index contributed by atoms with van der Waals surface area (Å²) in [5.74, 6) is -0.982. The number of halogens is 2. The Kier molecular flexibility index (Phi) is 3.40. The number of amides is 2. The van der Waals surface area contributed by atoms with Crippen molar-refractivity contribution in [1.82, 2.24) is 0 Å². The molecule has 90 valence electrons. The summed E-state index contributed by atoms with van der Waals surface area (Å²) >= 11 is 9.25. The Labute approximate surface area is 112 Å². The van der Waals surface area contributed by atoms with E-state index in [1.54, 1.807) is 18.2 Å². The van der Waals surface area contributed by atoms with E-state index in [1.807, 2.05) is 0 Å². The van der Waals surface area contributed by atoms with Crippen molar-refractivity contribution in [1.29, 1.82) is 0 Å². The average molecular weight is 318 g/mol. The fourth-order valence-corrected chi connectivity index (χ4v) is 2.45. The van der Waals surface area contributed by atoms with Crippen molar-refractivity contribution in [3.63, 3.8) is 0 Å². The van der Waals surface area contributed by atoms with Crippen LogP contribution in [0.1, 0.15) is 6.42 Å². The Bertz CT molecular complexity index is 492. The number of benzene rings is 1. The van der Waals surface area contributed by atoms with E-state index in [1.165, 1.54) is 4.90 Å². The number of carbonyl (C=O) groups excluding carboxylic acids is 2. The fourth-order valence-electron chi connectivity index (χ4n) is 1.82. The van der Waals surface area contributed by atoms with E-state index in [9.17, 15) is 9.59 Å². The van der Waals surface area contributed by atoms with Crippen LogP contribution in [-0.2, 0) is 9.59 Å². The molecule has 0 saturated carbocycles. The van der Waals surface area contributed by atoms with Crippen LogP contribution in [0.5, 0.6) is 0 Å². The molecule has 17 heavy (non-hydrogen) atoms. The summed E-state index contributed by atoms with van der Waals surface area (Å²) in [5.41, 5.74) is 5.89. The lowest BCUT2D eigenvalue weighted by Crippen LogP contribution is -2.28. The van der Waals surface area contributed by atoms with Crippen LogP contribution in [0.2, 0.25) is 5.02 Å². The smallest absolute Gasteiger partial charge is 0.227 e. The normalized spacial score (nSPS) is 19.8. The van der Waals surface area contributed by atoms with Crippen LogP contribution in [0.4, 0.5) is 5.69 Å². The highest BCUT2D eigenvalue weighted by atomic mass is 79.9. The number of primary amides is 1. The molecule has 0 aliphatic carbocycles. The molecule has 1 aliphatic heterocycles. The second kappa shape index (κ2) is 4.66. The Morgan fingerprint density at radius 1 is 1.53 bits per heavy atom. The molecular formula is C11H10BrClN2O2. The number of rotatable bonds is 2. The van der Waals surface area contributed by atoms with Crippen molar-refractivity contribution in [3.8, 4) is 0 Å². The van der Waals surface area contributed by atoms with Gasteiger partial charge in [-0.3, -0.25) is 9.59 Å². The van der Waals surface area contributed by atoms with E-state index in [-0.39, 0.29) is 12.3 Å². The first-order chi connectivity index (χ1) is 7.99. The van der Waals surface area contributed by atoms with Crippen molar-refractivity contribution < 1.29 is 9.59 Å². The van der Waals surface area contributed by atoms with E-state index in [4.69, 9.17) is 17.3 Å². The quantitative estimate of drug-likeness (QED) is 0.906. The van der Waals surface area contributed by atoms with Gasteiger partial charge in [0.05, 0.1) is 11.6 Å². The van der Waals surface area contributed by atoms with Crippen molar-refractivity contribution in [3.05, 3.63) is 27.7 Å². The Morgan fingerprint density at radius 3 is 2.82 bits per heavy atom. The zero-order chi connectivity index (χ0) is 12.6. The summed E-state index contributed by atoms with van der Waals surface area (Å²) < 4.78 is 0.764. The molecule has 1 aromatic rings. The number of hydrogen-bond donors (Lipinski definition) is 1. The lowest BCUT2D eigenvalue weighted by molar-refractivity contribution is -0.123. The molecule has 0 bridgehead atoms. The molecule has 1 atom stereocenters. The van der Waals surface area contributed by atoms with Crippen molar-refractivity contribution in [2.45, 2.75) is 6.42 Å². The van der Waals surface area contributed by atoms with Gasteiger partial charge in [0.1, 0.15) is 0 Å². The van der Waals surface area contributed by atoms with E-state index >= 15 is 0 Å². The molecule has 1 aromatic carbocycles. The molecule has 2 N–H and O–H groups in total. The molecule has 0 spiro atoms. The lowest BCUT2D eigenvalue weighted by atomic mass is 10.1. The van der Waals surface area contributed by atoms with Crippen LogP contribution < -0.4 is 10.6 Å². The Hall–Kier alpha value is -1.07. The van der Waals surface area contributed by atoms with E-state index in [0.29, 0.717) is 17.3 Å². The number of carbonyl (C=O) groups is 2. The Morgan fingerprint density at radius 2 is 2.24 bits per heavy atom. The summed E-state index contributed by atoms with van der Waals surface area (Å²) in [5, 5.41) is 0.540. The highest BCUT2D eigenvalue weighted by molar-refractivity contribution is 9.10. The first-order valence-corrected chi connectivity index (χ1v) is 6.21. The SMILES string of the molecule is NC(=O)C1CC(=O)N(c2cc(Cl)ccc2Br)C1. The van der Waals surface area contributed by atoms with Gasteiger partial charge in [-0.25, -0.2) is 0 Å². The third kappa shape index (κ3) is 2.45. The molecule has 1 fully saturated rings. The average Bonchev–Trinajstić information content (AvgIpc) is 2.64. The van der Waals surface area contributed by atoms with Crippen LogP contribution in [0.3, 0.4) is 0 Å². The van der Waals surface area contributed by atoms with Gasteiger partial charge in [0.15, 0.2) is 0 Å². The highest BCUT2D eigenvalue weighted by Gasteiger charge is 2.34. The van der Waals surface area contributed by atoms with Crippen molar-refractivity contribution >= 4 is 45.0 Å². The maximum absolute atomic E-state index is 11.8. The fraction of sp³-hybridized carbons (Fsp3) is 0.273. The Balaban J connectivity index is 2.32. The number of anilines is 1. The largest absolute Gasteiger partial charge is 0.369 e. The van der Waals surface area contributed by atoms with Crippen molar-refractivity contribution in [2.24, 2.45) is 11.7 Å². The molecule has 6 heteroatoms. The highest BCUT2D eigenvalue weighted by Crippen LogP contribution is 2.33. The third-order valence-electron chi connectivity index (χ3n) is 2.73. The first-order valence-electron chi connectivity index (χ1n) is 5.04. The van der Waals surface area contributed by atoms with Gasteiger partial charge in [-0.15, -0.1) is 0 Å². The molecule has 0 radical (unpaired) electrons. The zero-order valence-corrected chi connectivity index (χ0v) is 11.2. The predicted octanol–water partition coefficient (Wildman–Crippen LogP) is 1.94. The summed E-state index contributed by atoms with van der Waals surface area (Å²) in [6, 6.07) is 5.18. The van der Waals surface area contributed by atoms with Gasteiger partial charge in [0.2, 0.25) is 11.8 Å². The minimum absolute atomic E-state index is 0.114.